The van der Waals surface area contributed by atoms with E-state index in [1.165, 1.54) is 0 Å². The van der Waals surface area contributed by atoms with E-state index in [4.69, 9.17) is 5.10 Å². The molecule has 3 heterocycles. The zero-order valence-electron chi connectivity index (χ0n) is 14.8. The van der Waals surface area contributed by atoms with Gasteiger partial charge in [0.1, 0.15) is 0 Å². The number of aliphatic imine (C=N–C) groups is 1. The summed E-state index contributed by atoms with van der Waals surface area (Å²) in [4.78, 5) is 5.13. The monoisotopic (exact) mass is 374 g/mol. The van der Waals surface area contributed by atoms with Gasteiger partial charge in [-0.3, -0.25) is 4.99 Å². The maximum absolute atomic E-state index is 4.71. The Labute approximate surface area is 160 Å². The number of nitrogens with one attached hydrogen (secondary N) is 1. The summed E-state index contributed by atoms with van der Waals surface area (Å²) >= 11 is 1.62. The van der Waals surface area contributed by atoms with Crippen LogP contribution in [0.15, 0.2) is 65.0 Å². The molecule has 0 atom stereocenters. The second kappa shape index (κ2) is 7.51. The molecule has 27 heavy (non-hydrogen) atoms. The number of hydrogen-bond acceptors (Lipinski definition) is 6. The SMILES string of the molecule is C=Nc1ccsc1/C(=C\C)NCc1nnc2ccc(-c3ccccc3)nn12. The minimum absolute atomic E-state index is 0.501. The molecule has 0 aliphatic heterocycles. The topological polar surface area (TPSA) is 67.5 Å². The fourth-order valence-corrected chi connectivity index (χ4v) is 3.73. The fourth-order valence-electron chi connectivity index (χ4n) is 2.82. The van der Waals surface area contributed by atoms with Crippen molar-refractivity contribution >= 4 is 35.1 Å². The molecule has 4 rings (SSSR count). The molecule has 0 saturated heterocycles. The molecule has 4 aromatic rings. The number of fused-ring (bicyclic) bond motifs is 1. The second-order valence-electron chi connectivity index (χ2n) is 5.82. The first kappa shape index (κ1) is 17.1. The molecule has 0 spiro atoms. The number of rotatable bonds is 6. The van der Waals surface area contributed by atoms with Crippen LogP contribution in [0.25, 0.3) is 22.6 Å². The zero-order valence-corrected chi connectivity index (χ0v) is 15.6. The Balaban J connectivity index is 1.61. The lowest BCUT2D eigenvalue weighted by Gasteiger charge is -2.09. The summed E-state index contributed by atoms with van der Waals surface area (Å²) in [6.45, 7) is 6.12. The maximum Gasteiger partial charge on any atom is 0.178 e. The molecule has 0 amide bonds. The van der Waals surface area contributed by atoms with Gasteiger partial charge >= 0.3 is 0 Å². The van der Waals surface area contributed by atoms with Crippen molar-refractivity contribution < 1.29 is 0 Å². The number of aromatic nitrogens is 4. The Hall–Kier alpha value is -3.32. The highest BCUT2D eigenvalue weighted by molar-refractivity contribution is 7.11. The van der Waals surface area contributed by atoms with E-state index in [2.05, 4.69) is 27.2 Å². The summed E-state index contributed by atoms with van der Waals surface area (Å²) in [7, 11) is 0. The van der Waals surface area contributed by atoms with Crippen molar-refractivity contribution in [3.05, 3.63) is 70.7 Å². The lowest BCUT2D eigenvalue weighted by Crippen LogP contribution is -2.14. The van der Waals surface area contributed by atoms with Gasteiger partial charge in [0.25, 0.3) is 0 Å². The third-order valence-corrected chi connectivity index (χ3v) is 5.12. The number of nitrogens with zero attached hydrogens (tertiary/aromatic N) is 5. The minimum Gasteiger partial charge on any atom is -0.377 e. The largest absolute Gasteiger partial charge is 0.377 e. The zero-order chi connectivity index (χ0) is 18.6. The van der Waals surface area contributed by atoms with E-state index in [1.54, 1.807) is 15.9 Å². The Morgan fingerprint density at radius 2 is 2.04 bits per heavy atom. The highest BCUT2D eigenvalue weighted by Gasteiger charge is 2.12. The average molecular weight is 374 g/mol. The Morgan fingerprint density at radius 1 is 1.19 bits per heavy atom. The smallest absolute Gasteiger partial charge is 0.178 e. The Morgan fingerprint density at radius 3 is 2.81 bits per heavy atom. The van der Waals surface area contributed by atoms with Crippen molar-refractivity contribution in [3.63, 3.8) is 0 Å². The molecule has 134 valence electrons. The first-order chi connectivity index (χ1) is 13.3. The molecular formula is C20H18N6S. The molecule has 0 aliphatic rings. The van der Waals surface area contributed by atoms with Gasteiger partial charge in [-0.05, 0) is 37.2 Å². The van der Waals surface area contributed by atoms with E-state index in [0.717, 1.165) is 39.0 Å². The van der Waals surface area contributed by atoms with Crippen molar-refractivity contribution in [1.82, 2.24) is 25.1 Å². The number of hydrogen-bond donors (Lipinski definition) is 1. The summed E-state index contributed by atoms with van der Waals surface area (Å²) in [6, 6.07) is 15.9. The van der Waals surface area contributed by atoms with Crippen molar-refractivity contribution in [2.24, 2.45) is 4.99 Å². The number of allylic oxidation sites excluding steroid dienone is 1. The molecule has 0 fully saturated rings. The van der Waals surface area contributed by atoms with Gasteiger partial charge in [-0.15, -0.1) is 21.5 Å². The van der Waals surface area contributed by atoms with Crippen LogP contribution in [0.2, 0.25) is 0 Å². The van der Waals surface area contributed by atoms with Crippen LogP contribution < -0.4 is 5.32 Å². The third kappa shape index (κ3) is 3.37. The predicted octanol–water partition coefficient (Wildman–Crippen LogP) is 4.34. The third-order valence-electron chi connectivity index (χ3n) is 4.18. The van der Waals surface area contributed by atoms with Crippen LogP contribution in [0.1, 0.15) is 17.6 Å². The van der Waals surface area contributed by atoms with E-state index in [0.29, 0.717) is 6.54 Å². The van der Waals surface area contributed by atoms with Crippen molar-refractivity contribution in [3.8, 4) is 11.3 Å². The highest BCUT2D eigenvalue weighted by Crippen LogP contribution is 2.30. The van der Waals surface area contributed by atoms with Gasteiger partial charge < -0.3 is 5.32 Å². The normalized spacial score (nSPS) is 11.7. The van der Waals surface area contributed by atoms with Gasteiger partial charge in [0, 0.05) is 11.3 Å². The van der Waals surface area contributed by atoms with Crippen LogP contribution in [-0.2, 0) is 6.54 Å². The van der Waals surface area contributed by atoms with E-state index in [9.17, 15) is 0 Å². The van der Waals surface area contributed by atoms with Gasteiger partial charge in [0.15, 0.2) is 11.5 Å². The summed E-state index contributed by atoms with van der Waals surface area (Å²) in [5, 5.41) is 18.6. The molecule has 0 bridgehead atoms. The molecule has 1 aromatic carbocycles. The summed E-state index contributed by atoms with van der Waals surface area (Å²) < 4.78 is 1.78. The molecule has 0 saturated carbocycles. The van der Waals surface area contributed by atoms with Crippen molar-refractivity contribution in [2.75, 3.05) is 0 Å². The Kier molecular flexibility index (Phi) is 4.76. The predicted molar refractivity (Wildman–Crippen MR) is 110 cm³/mol. The Bertz CT molecular complexity index is 1110. The van der Waals surface area contributed by atoms with Gasteiger partial charge in [-0.25, -0.2) is 0 Å². The quantitative estimate of drug-likeness (QED) is 0.510. The lowest BCUT2D eigenvalue weighted by atomic mass is 10.1. The standard InChI is InChI=1S/C20H18N6S/c1-3-15(20-17(21-2)11-12-27-20)22-13-19-24-23-18-10-9-16(25-26(18)19)14-7-5-4-6-8-14/h3-12,22H,2,13H2,1H3/b15-3+. The molecular weight excluding hydrogens is 356 g/mol. The summed E-state index contributed by atoms with van der Waals surface area (Å²) in [5.74, 6) is 0.742. The maximum atomic E-state index is 4.71. The van der Waals surface area contributed by atoms with Crippen LogP contribution in [0.3, 0.4) is 0 Å². The average Bonchev–Trinajstić information content (AvgIpc) is 3.36. The fraction of sp³-hybridized carbons (Fsp3) is 0.100. The van der Waals surface area contributed by atoms with E-state index in [1.807, 2.05) is 66.9 Å². The van der Waals surface area contributed by atoms with Crippen LogP contribution in [0, 0.1) is 0 Å². The van der Waals surface area contributed by atoms with Crippen molar-refractivity contribution in [1.29, 1.82) is 0 Å². The summed E-state index contributed by atoms with van der Waals surface area (Å²) in [6.07, 6.45) is 2.02. The van der Waals surface area contributed by atoms with Crippen LogP contribution in [0.5, 0.6) is 0 Å². The first-order valence-electron chi connectivity index (χ1n) is 8.51. The van der Waals surface area contributed by atoms with Gasteiger partial charge in [0.2, 0.25) is 0 Å². The summed E-state index contributed by atoms with van der Waals surface area (Å²) in [5.41, 5.74) is 4.52. The lowest BCUT2D eigenvalue weighted by molar-refractivity contribution is 0.754. The molecule has 0 radical (unpaired) electrons. The van der Waals surface area contributed by atoms with E-state index in [-0.39, 0.29) is 0 Å². The highest BCUT2D eigenvalue weighted by atomic mass is 32.1. The van der Waals surface area contributed by atoms with Crippen LogP contribution >= 0.6 is 11.3 Å². The molecule has 6 nitrogen and oxygen atoms in total. The van der Waals surface area contributed by atoms with Crippen LogP contribution in [0.4, 0.5) is 5.69 Å². The van der Waals surface area contributed by atoms with Crippen molar-refractivity contribution in [2.45, 2.75) is 13.5 Å². The number of benzene rings is 1. The second-order valence-corrected chi connectivity index (χ2v) is 6.74. The van der Waals surface area contributed by atoms with Gasteiger partial charge in [-0.2, -0.15) is 9.61 Å². The van der Waals surface area contributed by atoms with Gasteiger partial charge in [0.05, 0.1) is 22.8 Å². The molecule has 7 heteroatoms. The van der Waals surface area contributed by atoms with E-state index < -0.39 is 0 Å². The van der Waals surface area contributed by atoms with E-state index >= 15 is 0 Å². The van der Waals surface area contributed by atoms with Gasteiger partial charge in [-0.1, -0.05) is 36.4 Å². The first-order valence-corrected chi connectivity index (χ1v) is 9.39. The molecule has 0 aliphatic carbocycles. The molecule has 0 unspecified atom stereocenters. The molecule has 1 N–H and O–H groups in total. The molecule has 3 aromatic heterocycles. The minimum atomic E-state index is 0.501. The number of thiophene rings is 1. The van der Waals surface area contributed by atoms with Crippen LogP contribution in [-0.4, -0.2) is 26.5 Å².